The number of amides is 2. The number of hydrogen-bond donors (Lipinski definition) is 3. The number of nitrogens with zero attached hydrogens (tertiary/aromatic N) is 2. The van der Waals surface area contributed by atoms with Crippen LogP contribution in [0.2, 0.25) is 0 Å². The summed E-state index contributed by atoms with van der Waals surface area (Å²) in [5.41, 5.74) is 1.68. The number of aromatic amines is 1. The molecule has 3 aromatic rings. The summed E-state index contributed by atoms with van der Waals surface area (Å²) in [4.78, 5) is 35.7. The zero-order valence-corrected chi connectivity index (χ0v) is 14.8. The van der Waals surface area contributed by atoms with Crippen molar-refractivity contribution in [2.75, 3.05) is 6.79 Å². The Bertz CT molecular complexity index is 1000. The van der Waals surface area contributed by atoms with E-state index in [-0.39, 0.29) is 31.3 Å². The van der Waals surface area contributed by atoms with E-state index >= 15 is 0 Å². The molecule has 3 heterocycles. The summed E-state index contributed by atoms with van der Waals surface area (Å²) in [6.45, 7) is 0.699. The number of pyridine rings is 1. The maximum atomic E-state index is 12.5. The van der Waals surface area contributed by atoms with Gasteiger partial charge >= 0.3 is 0 Å². The van der Waals surface area contributed by atoms with E-state index in [2.05, 4.69) is 25.6 Å². The number of aromatic nitrogens is 3. The molecule has 9 heteroatoms. The third kappa shape index (κ3) is 3.78. The average molecular weight is 379 g/mol. The zero-order valence-electron chi connectivity index (χ0n) is 14.8. The summed E-state index contributed by atoms with van der Waals surface area (Å²) in [6.07, 6.45) is 2.95. The second-order valence-corrected chi connectivity index (χ2v) is 6.00. The summed E-state index contributed by atoms with van der Waals surface area (Å²) in [6, 6.07) is 10.8. The first-order chi connectivity index (χ1) is 13.7. The fourth-order valence-corrected chi connectivity index (χ4v) is 2.72. The summed E-state index contributed by atoms with van der Waals surface area (Å²) in [7, 11) is 0. The lowest BCUT2D eigenvalue weighted by Crippen LogP contribution is -2.29. The van der Waals surface area contributed by atoms with Crippen LogP contribution in [0.1, 0.15) is 32.2 Å². The van der Waals surface area contributed by atoms with E-state index in [1.165, 1.54) is 6.33 Å². The molecule has 0 bridgehead atoms. The predicted octanol–water partition coefficient (Wildman–Crippen LogP) is 1.39. The lowest BCUT2D eigenvalue weighted by atomic mass is 10.2. The molecule has 0 aliphatic carbocycles. The highest BCUT2D eigenvalue weighted by atomic mass is 16.7. The van der Waals surface area contributed by atoms with Crippen molar-refractivity contribution < 1.29 is 19.1 Å². The van der Waals surface area contributed by atoms with Gasteiger partial charge in [0.15, 0.2) is 17.2 Å². The molecule has 4 rings (SSSR count). The molecule has 0 saturated heterocycles. The van der Waals surface area contributed by atoms with E-state index in [4.69, 9.17) is 9.47 Å². The van der Waals surface area contributed by atoms with Gasteiger partial charge in [-0.2, -0.15) is 0 Å². The van der Waals surface area contributed by atoms with E-state index in [1.54, 1.807) is 30.5 Å². The minimum absolute atomic E-state index is 0.0270. The van der Waals surface area contributed by atoms with E-state index in [0.717, 1.165) is 5.56 Å². The summed E-state index contributed by atoms with van der Waals surface area (Å²) in [5.74, 6) is 0.427. The summed E-state index contributed by atoms with van der Waals surface area (Å²) >= 11 is 0. The van der Waals surface area contributed by atoms with Gasteiger partial charge in [-0.15, -0.1) is 0 Å². The first-order valence-electron chi connectivity index (χ1n) is 8.59. The second-order valence-electron chi connectivity index (χ2n) is 6.00. The minimum atomic E-state index is -0.458. The molecule has 0 fully saturated rings. The van der Waals surface area contributed by atoms with Crippen LogP contribution in [0.15, 0.2) is 48.9 Å². The van der Waals surface area contributed by atoms with Crippen molar-refractivity contribution in [2.24, 2.45) is 0 Å². The summed E-state index contributed by atoms with van der Waals surface area (Å²) < 4.78 is 10.6. The number of H-pyrrole nitrogens is 1. The van der Waals surface area contributed by atoms with Gasteiger partial charge in [0.05, 0.1) is 18.6 Å². The number of rotatable bonds is 6. The van der Waals surface area contributed by atoms with Crippen LogP contribution in [-0.2, 0) is 13.1 Å². The molecule has 142 valence electrons. The molecule has 2 amide bonds. The fraction of sp³-hybridized carbons (Fsp3) is 0.158. The highest BCUT2D eigenvalue weighted by molar-refractivity contribution is 6.04. The molecule has 0 atom stereocenters. The van der Waals surface area contributed by atoms with E-state index < -0.39 is 11.8 Å². The molecule has 2 aromatic heterocycles. The van der Waals surface area contributed by atoms with Crippen LogP contribution < -0.4 is 20.1 Å². The molecular formula is C19H17N5O4. The highest BCUT2D eigenvalue weighted by Gasteiger charge is 2.20. The Morgan fingerprint density at radius 2 is 1.86 bits per heavy atom. The Labute approximate surface area is 160 Å². The van der Waals surface area contributed by atoms with Gasteiger partial charge in [-0.05, 0) is 29.8 Å². The molecule has 0 unspecified atom stereocenters. The van der Waals surface area contributed by atoms with Gasteiger partial charge in [0.2, 0.25) is 6.79 Å². The number of hydrogen-bond acceptors (Lipinski definition) is 6. The zero-order chi connectivity index (χ0) is 19.3. The van der Waals surface area contributed by atoms with Gasteiger partial charge in [0, 0.05) is 12.7 Å². The van der Waals surface area contributed by atoms with Crippen molar-refractivity contribution in [3.63, 3.8) is 0 Å². The Kier molecular flexibility index (Phi) is 4.87. The molecular weight excluding hydrogens is 362 g/mol. The lowest BCUT2D eigenvalue weighted by Gasteiger charge is -2.07. The molecule has 1 aliphatic rings. The van der Waals surface area contributed by atoms with Crippen LogP contribution in [0.5, 0.6) is 11.5 Å². The van der Waals surface area contributed by atoms with Gasteiger partial charge in [0.1, 0.15) is 5.69 Å². The van der Waals surface area contributed by atoms with Crippen molar-refractivity contribution in [3.8, 4) is 11.5 Å². The van der Waals surface area contributed by atoms with Crippen LogP contribution in [0.25, 0.3) is 0 Å². The fourth-order valence-electron chi connectivity index (χ4n) is 2.72. The molecule has 3 N–H and O–H groups in total. The van der Waals surface area contributed by atoms with Crippen molar-refractivity contribution in [1.82, 2.24) is 25.6 Å². The first-order valence-corrected chi connectivity index (χ1v) is 8.59. The normalized spacial score (nSPS) is 11.9. The lowest BCUT2D eigenvalue weighted by molar-refractivity contribution is 0.0911. The molecule has 0 radical (unpaired) electrons. The van der Waals surface area contributed by atoms with Crippen LogP contribution in [0.4, 0.5) is 0 Å². The average Bonchev–Trinajstić information content (AvgIpc) is 3.40. The number of imidazole rings is 1. The number of carbonyl (C=O) groups is 2. The maximum Gasteiger partial charge on any atom is 0.272 e. The summed E-state index contributed by atoms with van der Waals surface area (Å²) in [5, 5.41) is 5.47. The monoisotopic (exact) mass is 379 g/mol. The Balaban J connectivity index is 1.37. The minimum Gasteiger partial charge on any atom is -0.454 e. The smallest absolute Gasteiger partial charge is 0.272 e. The van der Waals surface area contributed by atoms with Crippen LogP contribution in [0, 0.1) is 0 Å². The van der Waals surface area contributed by atoms with Gasteiger partial charge < -0.3 is 25.1 Å². The first kappa shape index (κ1) is 17.5. The van der Waals surface area contributed by atoms with Gasteiger partial charge in [-0.3, -0.25) is 14.6 Å². The van der Waals surface area contributed by atoms with Gasteiger partial charge in [0.25, 0.3) is 11.8 Å². The SMILES string of the molecule is O=C(NCc1ccccn1)c1nc[nH]c1C(=O)NCc1ccc2c(c1)OCO2. The third-order valence-electron chi connectivity index (χ3n) is 4.13. The molecule has 1 aromatic carbocycles. The maximum absolute atomic E-state index is 12.5. The quantitative estimate of drug-likeness (QED) is 0.596. The van der Waals surface area contributed by atoms with Crippen molar-refractivity contribution >= 4 is 11.8 Å². The van der Waals surface area contributed by atoms with Gasteiger partial charge in [-0.25, -0.2) is 4.98 Å². The van der Waals surface area contributed by atoms with Crippen molar-refractivity contribution in [2.45, 2.75) is 13.1 Å². The van der Waals surface area contributed by atoms with Crippen LogP contribution >= 0.6 is 0 Å². The largest absolute Gasteiger partial charge is 0.454 e. The molecule has 1 aliphatic heterocycles. The van der Waals surface area contributed by atoms with Gasteiger partial charge in [-0.1, -0.05) is 12.1 Å². The number of nitrogens with one attached hydrogen (secondary N) is 3. The second kappa shape index (κ2) is 7.78. The van der Waals surface area contributed by atoms with Crippen molar-refractivity contribution in [1.29, 1.82) is 0 Å². The number of carbonyl (C=O) groups excluding carboxylic acids is 2. The predicted molar refractivity (Wildman–Crippen MR) is 97.7 cm³/mol. The molecule has 0 spiro atoms. The van der Waals surface area contributed by atoms with Crippen LogP contribution in [-0.4, -0.2) is 33.6 Å². The Hall–Kier alpha value is -3.88. The highest BCUT2D eigenvalue weighted by Crippen LogP contribution is 2.32. The molecule has 0 saturated carbocycles. The Morgan fingerprint density at radius 1 is 1.00 bits per heavy atom. The topological polar surface area (TPSA) is 118 Å². The van der Waals surface area contributed by atoms with E-state index in [1.807, 2.05) is 12.1 Å². The van der Waals surface area contributed by atoms with E-state index in [0.29, 0.717) is 17.2 Å². The standard InChI is InChI=1S/C19H17N5O4/c25-18(21-8-12-4-5-14-15(7-12)28-11-27-14)16-17(24-10-23-16)19(26)22-9-13-3-1-2-6-20-13/h1-7,10H,8-9,11H2,(H,21,25)(H,22,26)(H,23,24). The number of benzene rings is 1. The molecule has 28 heavy (non-hydrogen) atoms. The van der Waals surface area contributed by atoms with Crippen molar-refractivity contribution in [3.05, 3.63) is 71.6 Å². The van der Waals surface area contributed by atoms with E-state index in [9.17, 15) is 9.59 Å². The number of fused-ring (bicyclic) bond motifs is 1. The van der Waals surface area contributed by atoms with Crippen LogP contribution in [0.3, 0.4) is 0 Å². The Morgan fingerprint density at radius 3 is 2.71 bits per heavy atom. The number of ether oxygens (including phenoxy) is 2. The molecule has 9 nitrogen and oxygen atoms in total. The third-order valence-corrected chi connectivity index (χ3v) is 4.13.